The monoisotopic (exact) mass is 1290 g/mol. The molecular weight excluding hydrogens is 1150 g/mol. The van der Waals surface area contributed by atoms with E-state index < -0.39 is 24.3 Å². The highest BCUT2D eigenvalue weighted by Gasteiger charge is 2.22. The molecule has 2 unspecified atom stereocenters. The van der Waals surface area contributed by atoms with Crippen LogP contribution in [-0.4, -0.2) is 82.3 Å². The number of quaternary nitrogens is 1. The highest BCUT2D eigenvalue weighted by molar-refractivity contribution is 5.70. The molecule has 93 heavy (non-hydrogen) atoms. The van der Waals surface area contributed by atoms with Crippen LogP contribution in [-0.2, 0) is 33.3 Å². The molecule has 9 heteroatoms. The van der Waals surface area contributed by atoms with Crippen molar-refractivity contribution in [2.75, 3.05) is 47.5 Å². The Morgan fingerprint density at radius 1 is 0.323 bits per heavy atom. The van der Waals surface area contributed by atoms with E-state index in [9.17, 15) is 19.5 Å². The number of allylic oxidation sites excluding steroid dienone is 26. The van der Waals surface area contributed by atoms with E-state index in [0.29, 0.717) is 17.4 Å². The number of carbonyl (C=O) groups excluding carboxylic acids is 3. The van der Waals surface area contributed by atoms with Gasteiger partial charge < -0.3 is 33.3 Å². The number of unbranched alkanes of at least 4 members (excludes halogenated alkanes) is 27. The number of esters is 2. The lowest BCUT2D eigenvalue weighted by molar-refractivity contribution is -0.870. The first-order chi connectivity index (χ1) is 45.6. The fraction of sp³-hybridized carbons (Fsp3) is 0.655. The highest BCUT2D eigenvalue weighted by Crippen LogP contribution is 2.17. The molecule has 0 spiro atoms. The lowest BCUT2D eigenvalue weighted by atomic mass is 10.0. The van der Waals surface area contributed by atoms with Crippen LogP contribution < -0.4 is 5.11 Å². The van der Waals surface area contributed by atoms with Gasteiger partial charge in [0.15, 0.2) is 12.4 Å². The number of hydrogen-bond acceptors (Lipinski definition) is 8. The first-order valence-electron chi connectivity index (χ1n) is 37.6. The smallest absolute Gasteiger partial charge is 0.306 e. The van der Waals surface area contributed by atoms with Crippen molar-refractivity contribution >= 4 is 17.9 Å². The molecule has 0 heterocycles. The first kappa shape index (κ1) is 87.9. The Balaban J connectivity index is 4.09. The van der Waals surface area contributed by atoms with Gasteiger partial charge in [-0.05, 0) is 122 Å². The van der Waals surface area contributed by atoms with Crippen LogP contribution in [0.1, 0.15) is 296 Å². The van der Waals surface area contributed by atoms with Crippen molar-refractivity contribution in [1.82, 2.24) is 0 Å². The number of carboxylic acid groups (broad SMARTS) is 1. The molecule has 0 aliphatic rings. The van der Waals surface area contributed by atoms with Gasteiger partial charge in [0.25, 0.3) is 0 Å². The molecule has 0 saturated carbocycles. The molecule has 2 atom stereocenters. The average Bonchev–Trinajstić information content (AvgIpc) is 3.38. The third-order valence-electron chi connectivity index (χ3n) is 15.8. The van der Waals surface area contributed by atoms with Crippen molar-refractivity contribution in [3.63, 3.8) is 0 Å². The van der Waals surface area contributed by atoms with Gasteiger partial charge in [-0.1, -0.05) is 320 Å². The minimum atomic E-state index is -1.63. The molecule has 0 aromatic heterocycles. The molecule has 0 rings (SSSR count). The van der Waals surface area contributed by atoms with Gasteiger partial charge in [0, 0.05) is 12.8 Å². The Hall–Kier alpha value is -5.09. The molecule has 0 saturated heterocycles. The number of carboxylic acids is 1. The maximum Gasteiger partial charge on any atom is 0.306 e. The van der Waals surface area contributed by atoms with E-state index in [-0.39, 0.29) is 38.6 Å². The Kier molecular flexibility index (Phi) is 68.8. The predicted octanol–water partition coefficient (Wildman–Crippen LogP) is 22.7. The van der Waals surface area contributed by atoms with Crippen LogP contribution >= 0.6 is 0 Å². The van der Waals surface area contributed by atoms with Crippen molar-refractivity contribution in [3.05, 3.63) is 158 Å². The summed E-state index contributed by atoms with van der Waals surface area (Å²) in [6.07, 6.45) is 105. The number of ether oxygens (including phenoxy) is 4. The molecule has 0 aliphatic carbocycles. The number of carbonyl (C=O) groups is 3. The van der Waals surface area contributed by atoms with Crippen LogP contribution in [0.2, 0.25) is 0 Å². The van der Waals surface area contributed by atoms with Crippen LogP contribution in [0.4, 0.5) is 0 Å². The van der Waals surface area contributed by atoms with Crippen LogP contribution in [0.15, 0.2) is 158 Å². The number of nitrogens with zero attached hydrogens (tertiary/aromatic N) is 1. The molecule has 0 fully saturated rings. The predicted molar refractivity (Wildman–Crippen MR) is 398 cm³/mol. The van der Waals surface area contributed by atoms with E-state index in [1.165, 1.54) is 128 Å². The fourth-order valence-corrected chi connectivity index (χ4v) is 10.1. The third kappa shape index (κ3) is 74.2. The van der Waals surface area contributed by atoms with Crippen molar-refractivity contribution < 1.29 is 42.9 Å². The Labute approximate surface area is 572 Å². The zero-order chi connectivity index (χ0) is 67.5. The third-order valence-corrected chi connectivity index (χ3v) is 15.8. The SMILES string of the molecule is CC/C=C\C/C=C\C/C=C\C/C=C\C/C=C\C/C=C\C/C=C\CCCCCCCCCCCCCCCCCCCC(=O)OC(COC(=O)CCCCCCCCCCCC/C=C\C/C=C\C/C=C\C/C=C\C/C=C\C/C=C\CC)COC(OCC[N+](C)(C)C)C(=O)[O-]. The summed E-state index contributed by atoms with van der Waals surface area (Å²) in [6.45, 7) is 4.52. The maximum atomic E-state index is 13.0. The van der Waals surface area contributed by atoms with E-state index in [2.05, 4.69) is 172 Å². The molecule has 0 amide bonds. The highest BCUT2D eigenvalue weighted by atomic mass is 16.7. The Morgan fingerprint density at radius 3 is 0.860 bits per heavy atom. The second kappa shape index (κ2) is 72.7. The molecule has 0 radical (unpaired) electrons. The minimum Gasteiger partial charge on any atom is -0.545 e. The van der Waals surface area contributed by atoms with Crippen LogP contribution in [0, 0.1) is 0 Å². The molecule has 0 aromatic carbocycles. The molecule has 9 nitrogen and oxygen atoms in total. The summed E-state index contributed by atoms with van der Waals surface area (Å²) in [7, 11) is 5.93. The summed E-state index contributed by atoms with van der Waals surface area (Å²) in [5.74, 6) is -2.29. The number of rotatable bonds is 68. The van der Waals surface area contributed by atoms with Crippen LogP contribution in [0.3, 0.4) is 0 Å². The normalized spacial score (nSPS) is 13.6. The summed E-state index contributed by atoms with van der Waals surface area (Å²) in [5, 5.41) is 11.8. The van der Waals surface area contributed by atoms with Crippen LogP contribution in [0.25, 0.3) is 0 Å². The van der Waals surface area contributed by atoms with Gasteiger partial charge in [-0.25, -0.2) is 0 Å². The molecule has 0 N–H and O–H groups in total. The van der Waals surface area contributed by atoms with Gasteiger partial charge >= 0.3 is 11.9 Å². The van der Waals surface area contributed by atoms with Gasteiger partial charge in [0.05, 0.1) is 40.3 Å². The standard InChI is InChI=1S/C84H139NO8/c1-6-8-10-12-14-16-18-20-22-24-26-28-30-32-34-36-37-38-39-40-41-42-43-44-45-47-49-51-53-55-57-59-61-63-65-67-69-71-73-75-82(87)93-80(79-92-84(83(88)89)90-77-76-85(3,4)5)78-91-81(86)74-72-70-68-66-64-62-60-58-56-54-52-50-48-46-35-33-31-29-27-25-23-21-19-17-15-13-11-9-7-2/h8-11,14-17,20-23,26-29,32-35,37-38,40-41,48,50,80,84H,6-7,12-13,18-19,24-25,30-31,36,39,42-47,49,51-79H2,1-5H3/b10-8-,11-9-,16-14-,17-15-,22-20-,23-21-,28-26-,29-27-,34-32-,35-33-,38-37-,41-40-,50-48-. The van der Waals surface area contributed by atoms with Gasteiger partial charge in [0.1, 0.15) is 13.2 Å². The second-order valence-electron chi connectivity index (χ2n) is 25.8. The van der Waals surface area contributed by atoms with E-state index in [1.807, 2.05) is 21.1 Å². The number of hydrogen-bond donors (Lipinski definition) is 0. The number of aliphatic carboxylic acids is 1. The van der Waals surface area contributed by atoms with Gasteiger partial charge in [0.2, 0.25) is 0 Å². The lowest BCUT2D eigenvalue weighted by Crippen LogP contribution is -2.44. The van der Waals surface area contributed by atoms with Gasteiger partial charge in [-0.15, -0.1) is 0 Å². The van der Waals surface area contributed by atoms with Gasteiger partial charge in [-0.2, -0.15) is 0 Å². The summed E-state index contributed by atoms with van der Waals surface area (Å²) in [5.41, 5.74) is 0. The van der Waals surface area contributed by atoms with Crippen molar-refractivity contribution in [2.45, 2.75) is 309 Å². The van der Waals surface area contributed by atoms with Gasteiger partial charge in [-0.3, -0.25) is 9.59 Å². The Bertz CT molecular complexity index is 2090. The maximum absolute atomic E-state index is 13.0. The van der Waals surface area contributed by atoms with Crippen molar-refractivity contribution in [3.8, 4) is 0 Å². The largest absolute Gasteiger partial charge is 0.545 e. The number of likely N-dealkylation sites (N-methyl/N-ethyl adjacent to an activating group) is 1. The molecule has 0 bridgehead atoms. The van der Waals surface area contributed by atoms with E-state index in [1.54, 1.807) is 0 Å². The van der Waals surface area contributed by atoms with E-state index in [0.717, 1.165) is 135 Å². The zero-order valence-electron chi connectivity index (χ0n) is 60.3. The minimum absolute atomic E-state index is 0.141. The average molecular weight is 1290 g/mol. The molecule has 0 aliphatic heterocycles. The summed E-state index contributed by atoms with van der Waals surface area (Å²) in [4.78, 5) is 37.6. The Morgan fingerprint density at radius 2 is 0.581 bits per heavy atom. The molecular formula is C84H139NO8. The zero-order valence-corrected chi connectivity index (χ0v) is 60.3. The van der Waals surface area contributed by atoms with E-state index in [4.69, 9.17) is 18.9 Å². The van der Waals surface area contributed by atoms with Crippen molar-refractivity contribution in [2.24, 2.45) is 0 Å². The first-order valence-corrected chi connectivity index (χ1v) is 37.6. The fourth-order valence-electron chi connectivity index (χ4n) is 10.1. The lowest BCUT2D eigenvalue weighted by Gasteiger charge is -2.26. The van der Waals surface area contributed by atoms with Crippen molar-refractivity contribution in [1.29, 1.82) is 0 Å². The topological polar surface area (TPSA) is 111 Å². The van der Waals surface area contributed by atoms with Crippen LogP contribution in [0.5, 0.6) is 0 Å². The van der Waals surface area contributed by atoms with E-state index >= 15 is 0 Å². The summed E-state index contributed by atoms with van der Waals surface area (Å²) in [6, 6.07) is 0. The summed E-state index contributed by atoms with van der Waals surface area (Å²) >= 11 is 0. The quantitative estimate of drug-likeness (QED) is 0.0195. The summed E-state index contributed by atoms with van der Waals surface area (Å²) < 4.78 is 22.8. The second-order valence-corrected chi connectivity index (χ2v) is 25.8. The molecule has 0 aromatic rings. The molecule has 528 valence electrons.